The Bertz CT molecular complexity index is 399. The molecule has 104 valence electrons. The SMILES string of the molecule is COCCNC(=O)N[C@@H]1CCN(c2ccccn2)C1. The van der Waals surface area contributed by atoms with Gasteiger partial charge in [0.25, 0.3) is 0 Å². The summed E-state index contributed by atoms with van der Waals surface area (Å²) in [6.45, 7) is 2.77. The van der Waals surface area contributed by atoms with Crippen LogP contribution >= 0.6 is 0 Å². The van der Waals surface area contributed by atoms with Crippen LogP contribution in [0.3, 0.4) is 0 Å². The fourth-order valence-corrected chi connectivity index (χ4v) is 2.13. The molecule has 1 atom stereocenters. The maximum absolute atomic E-state index is 11.6. The summed E-state index contributed by atoms with van der Waals surface area (Å²) in [7, 11) is 1.61. The van der Waals surface area contributed by atoms with Crippen LogP contribution in [0.2, 0.25) is 0 Å². The molecule has 6 heteroatoms. The number of anilines is 1. The van der Waals surface area contributed by atoms with Gasteiger partial charge in [0.2, 0.25) is 0 Å². The summed E-state index contributed by atoms with van der Waals surface area (Å²) in [5.74, 6) is 0.964. The van der Waals surface area contributed by atoms with Gasteiger partial charge in [0.15, 0.2) is 0 Å². The van der Waals surface area contributed by atoms with Gasteiger partial charge in [-0.1, -0.05) is 6.07 Å². The Morgan fingerprint density at radius 1 is 1.58 bits per heavy atom. The number of aromatic nitrogens is 1. The van der Waals surface area contributed by atoms with Crippen molar-refractivity contribution < 1.29 is 9.53 Å². The molecule has 0 saturated carbocycles. The number of hydrogen-bond acceptors (Lipinski definition) is 4. The van der Waals surface area contributed by atoms with E-state index in [0.717, 1.165) is 25.3 Å². The normalized spacial score (nSPS) is 18.4. The van der Waals surface area contributed by atoms with E-state index < -0.39 is 0 Å². The third kappa shape index (κ3) is 4.10. The molecule has 1 saturated heterocycles. The zero-order chi connectivity index (χ0) is 13.5. The van der Waals surface area contributed by atoms with E-state index in [0.29, 0.717) is 13.2 Å². The van der Waals surface area contributed by atoms with Gasteiger partial charge >= 0.3 is 6.03 Å². The van der Waals surface area contributed by atoms with Crippen LogP contribution in [0, 0.1) is 0 Å². The Morgan fingerprint density at radius 3 is 3.21 bits per heavy atom. The summed E-state index contributed by atoms with van der Waals surface area (Å²) < 4.78 is 4.88. The van der Waals surface area contributed by atoms with Gasteiger partial charge in [-0.25, -0.2) is 9.78 Å². The summed E-state index contributed by atoms with van der Waals surface area (Å²) in [4.78, 5) is 18.1. The van der Waals surface area contributed by atoms with Gasteiger partial charge in [0.05, 0.1) is 6.61 Å². The van der Waals surface area contributed by atoms with Crippen LogP contribution in [0.5, 0.6) is 0 Å². The van der Waals surface area contributed by atoms with Gasteiger partial charge in [-0.05, 0) is 18.6 Å². The molecule has 19 heavy (non-hydrogen) atoms. The van der Waals surface area contributed by atoms with Crippen molar-refractivity contribution >= 4 is 11.8 Å². The maximum atomic E-state index is 11.6. The standard InChI is InChI=1S/C13H20N4O2/c1-19-9-7-15-13(18)16-11-5-8-17(10-11)12-4-2-3-6-14-12/h2-4,6,11H,5,7-10H2,1H3,(H2,15,16,18)/t11-/m1/s1. The van der Waals surface area contributed by atoms with Gasteiger partial charge in [0.1, 0.15) is 5.82 Å². The Kier molecular flexibility index (Phi) is 4.97. The molecular formula is C13H20N4O2. The average Bonchev–Trinajstić information content (AvgIpc) is 2.88. The van der Waals surface area contributed by atoms with Gasteiger partial charge in [-0.2, -0.15) is 0 Å². The van der Waals surface area contributed by atoms with Crippen molar-refractivity contribution in [3.8, 4) is 0 Å². The molecule has 2 heterocycles. The lowest BCUT2D eigenvalue weighted by Gasteiger charge is -2.17. The van der Waals surface area contributed by atoms with Crippen LogP contribution in [-0.4, -0.2) is 50.4 Å². The molecule has 1 aliphatic rings. The molecule has 2 rings (SSSR count). The number of nitrogens with zero attached hydrogens (tertiary/aromatic N) is 2. The van der Waals surface area contributed by atoms with Crippen molar-refractivity contribution in [3.63, 3.8) is 0 Å². The number of methoxy groups -OCH3 is 1. The topological polar surface area (TPSA) is 66.5 Å². The smallest absolute Gasteiger partial charge is 0.315 e. The number of urea groups is 1. The molecule has 6 nitrogen and oxygen atoms in total. The van der Waals surface area contributed by atoms with Crippen molar-refractivity contribution in [1.82, 2.24) is 15.6 Å². The highest BCUT2D eigenvalue weighted by Crippen LogP contribution is 2.16. The number of carbonyl (C=O) groups is 1. The number of ether oxygens (including phenoxy) is 1. The summed E-state index contributed by atoms with van der Waals surface area (Å²) in [6, 6.07) is 5.90. The van der Waals surface area contributed by atoms with E-state index >= 15 is 0 Å². The van der Waals surface area contributed by atoms with Crippen LogP contribution in [0.25, 0.3) is 0 Å². The molecule has 2 N–H and O–H groups in total. The third-order valence-electron chi connectivity index (χ3n) is 3.09. The number of amides is 2. The lowest BCUT2D eigenvalue weighted by atomic mass is 10.3. The monoisotopic (exact) mass is 264 g/mol. The zero-order valence-corrected chi connectivity index (χ0v) is 11.1. The van der Waals surface area contributed by atoms with E-state index in [-0.39, 0.29) is 12.1 Å². The van der Waals surface area contributed by atoms with E-state index in [4.69, 9.17) is 4.74 Å². The molecule has 0 aliphatic carbocycles. The second kappa shape index (κ2) is 6.94. The van der Waals surface area contributed by atoms with Crippen LogP contribution in [-0.2, 0) is 4.74 Å². The van der Waals surface area contributed by atoms with Gasteiger partial charge in [-0.3, -0.25) is 0 Å². The molecule has 2 amide bonds. The highest BCUT2D eigenvalue weighted by atomic mass is 16.5. The first-order valence-electron chi connectivity index (χ1n) is 6.49. The highest BCUT2D eigenvalue weighted by Gasteiger charge is 2.24. The van der Waals surface area contributed by atoms with Gasteiger partial charge < -0.3 is 20.3 Å². The molecular weight excluding hydrogens is 244 g/mol. The lowest BCUT2D eigenvalue weighted by molar-refractivity contribution is 0.195. The first-order chi connectivity index (χ1) is 9.29. The second-order valence-corrected chi connectivity index (χ2v) is 4.51. The Hall–Kier alpha value is -1.82. The van der Waals surface area contributed by atoms with Crippen molar-refractivity contribution in [2.24, 2.45) is 0 Å². The van der Waals surface area contributed by atoms with Gasteiger partial charge in [-0.15, -0.1) is 0 Å². The van der Waals surface area contributed by atoms with Crippen molar-refractivity contribution in [1.29, 1.82) is 0 Å². The second-order valence-electron chi connectivity index (χ2n) is 4.51. The Morgan fingerprint density at radius 2 is 2.47 bits per heavy atom. The zero-order valence-electron chi connectivity index (χ0n) is 11.1. The van der Waals surface area contributed by atoms with E-state index in [1.807, 2.05) is 18.2 Å². The minimum absolute atomic E-state index is 0.134. The predicted molar refractivity (Wildman–Crippen MR) is 73.3 cm³/mol. The fraction of sp³-hybridized carbons (Fsp3) is 0.538. The van der Waals surface area contributed by atoms with Crippen LogP contribution < -0.4 is 15.5 Å². The molecule has 1 aromatic rings. The quantitative estimate of drug-likeness (QED) is 0.765. The van der Waals surface area contributed by atoms with E-state index in [9.17, 15) is 4.79 Å². The number of pyridine rings is 1. The molecule has 1 aliphatic heterocycles. The molecule has 1 fully saturated rings. The molecule has 0 bridgehead atoms. The number of hydrogen-bond donors (Lipinski definition) is 2. The Balaban J connectivity index is 1.74. The van der Waals surface area contributed by atoms with Crippen molar-refractivity contribution in [3.05, 3.63) is 24.4 Å². The maximum Gasteiger partial charge on any atom is 0.315 e. The minimum Gasteiger partial charge on any atom is -0.383 e. The number of rotatable bonds is 5. The van der Waals surface area contributed by atoms with Crippen LogP contribution in [0.4, 0.5) is 10.6 Å². The summed E-state index contributed by atoms with van der Waals surface area (Å²) in [5.41, 5.74) is 0. The van der Waals surface area contributed by atoms with E-state index in [1.165, 1.54) is 0 Å². The molecule has 0 unspecified atom stereocenters. The molecule has 1 aromatic heterocycles. The first-order valence-corrected chi connectivity index (χ1v) is 6.49. The first kappa shape index (κ1) is 13.6. The van der Waals surface area contributed by atoms with Crippen LogP contribution in [0.1, 0.15) is 6.42 Å². The largest absolute Gasteiger partial charge is 0.383 e. The molecule has 0 radical (unpaired) electrons. The van der Waals surface area contributed by atoms with E-state index in [1.54, 1.807) is 13.3 Å². The van der Waals surface area contributed by atoms with E-state index in [2.05, 4.69) is 20.5 Å². The highest BCUT2D eigenvalue weighted by molar-refractivity contribution is 5.74. The average molecular weight is 264 g/mol. The fourth-order valence-electron chi connectivity index (χ4n) is 2.13. The van der Waals surface area contributed by atoms with Crippen molar-refractivity contribution in [2.75, 3.05) is 38.3 Å². The third-order valence-corrected chi connectivity index (χ3v) is 3.09. The van der Waals surface area contributed by atoms with Gasteiger partial charge in [0, 0.05) is 39.0 Å². The molecule has 0 spiro atoms. The summed E-state index contributed by atoms with van der Waals surface area (Å²) in [6.07, 6.45) is 2.72. The summed E-state index contributed by atoms with van der Waals surface area (Å²) >= 11 is 0. The lowest BCUT2D eigenvalue weighted by Crippen LogP contribution is -2.44. The minimum atomic E-state index is -0.134. The van der Waals surface area contributed by atoms with Crippen LogP contribution in [0.15, 0.2) is 24.4 Å². The molecule has 0 aromatic carbocycles. The predicted octanol–water partition coefficient (Wildman–Crippen LogP) is 0.606. The Labute approximate surface area is 113 Å². The summed E-state index contributed by atoms with van der Waals surface area (Å²) in [5, 5.41) is 5.72. The number of carbonyl (C=O) groups excluding carboxylic acids is 1. The number of nitrogens with one attached hydrogen (secondary N) is 2. The van der Waals surface area contributed by atoms with Crippen molar-refractivity contribution in [2.45, 2.75) is 12.5 Å².